The van der Waals surface area contributed by atoms with Crippen molar-refractivity contribution in [1.82, 2.24) is 4.98 Å². The van der Waals surface area contributed by atoms with E-state index >= 15 is 0 Å². The highest BCUT2D eigenvalue weighted by Gasteiger charge is 2.24. The fraction of sp³-hybridized carbons (Fsp3) is 0.529. The minimum Gasteiger partial charge on any atom is -0.395 e. The topological polar surface area (TPSA) is 62.2 Å². The highest BCUT2D eigenvalue weighted by Crippen LogP contribution is 2.28. The first kappa shape index (κ1) is 15.5. The van der Waals surface area contributed by atoms with Crippen LogP contribution in [0.3, 0.4) is 0 Å². The molecule has 0 radical (unpaired) electrons. The monoisotopic (exact) mass is 286 g/mol. The molecule has 0 unspecified atom stereocenters. The zero-order valence-electron chi connectivity index (χ0n) is 12.4. The van der Waals surface area contributed by atoms with Gasteiger partial charge in [-0.3, -0.25) is 4.79 Å². The Morgan fingerprint density at radius 2 is 2.19 bits per heavy atom. The maximum atomic E-state index is 12.2. The Hall–Kier alpha value is -1.86. The molecule has 1 amide bonds. The van der Waals surface area contributed by atoms with Gasteiger partial charge in [-0.2, -0.15) is 0 Å². The molecule has 0 aromatic carbocycles. The Morgan fingerprint density at radius 1 is 1.43 bits per heavy atom. The van der Waals surface area contributed by atoms with Crippen molar-refractivity contribution < 1.29 is 9.90 Å². The van der Waals surface area contributed by atoms with E-state index in [1.165, 1.54) is 0 Å². The molecule has 0 atom stereocenters. The normalized spacial score (nSPS) is 21.2. The average Bonchev–Trinajstić information content (AvgIpc) is 2.48. The maximum absolute atomic E-state index is 12.2. The minimum absolute atomic E-state index is 0.0573. The first-order valence-electron chi connectivity index (χ1n) is 7.55. The SMILES string of the molecule is CC1CCC(C(=O)Nc2cc(C#CCCO)ccn2)CC1. The summed E-state index contributed by atoms with van der Waals surface area (Å²) in [7, 11) is 0. The van der Waals surface area contributed by atoms with Crippen LogP contribution in [0.15, 0.2) is 18.3 Å². The molecular formula is C17H22N2O2. The third kappa shape index (κ3) is 4.87. The van der Waals surface area contributed by atoms with Crippen molar-refractivity contribution in [2.24, 2.45) is 11.8 Å². The van der Waals surface area contributed by atoms with E-state index in [2.05, 4.69) is 29.1 Å². The average molecular weight is 286 g/mol. The van der Waals surface area contributed by atoms with Gasteiger partial charge in [0.1, 0.15) is 5.82 Å². The Kier molecular flexibility index (Phi) is 5.77. The summed E-state index contributed by atoms with van der Waals surface area (Å²) in [5.41, 5.74) is 0.797. The summed E-state index contributed by atoms with van der Waals surface area (Å²) in [6.07, 6.45) is 6.26. The number of anilines is 1. The lowest BCUT2D eigenvalue weighted by molar-refractivity contribution is -0.121. The largest absolute Gasteiger partial charge is 0.395 e. The summed E-state index contributed by atoms with van der Waals surface area (Å²) in [6.45, 7) is 2.30. The quantitative estimate of drug-likeness (QED) is 0.840. The van der Waals surface area contributed by atoms with Crippen molar-refractivity contribution in [3.8, 4) is 11.8 Å². The van der Waals surface area contributed by atoms with E-state index < -0.39 is 0 Å². The number of carbonyl (C=O) groups is 1. The standard InChI is InChI=1S/C17H22N2O2/c1-13-5-7-15(8-6-13)17(21)19-16-12-14(9-10-18-16)4-2-3-11-20/h9-10,12-13,15,20H,3,5-8,11H2,1H3,(H,18,19,21). The molecule has 1 aliphatic rings. The molecule has 0 aliphatic heterocycles. The second kappa shape index (κ2) is 7.80. The lowest BCUT2D eigenvalue weighted by Crippen LogP contribution is -2.26. The third-order valence-electron chi connectivity index (χ3n) is 3.87. The van der Waals surface area contributed by atoms with Gasteiger partial charge in [-0.05, 0) is 43.7 Å². The Morgan fingerprint density at radius 3 is 2.90 bits per heavy atom. The van der Waals surface area contributed by atoms with Gasteiger partial charge in [0.2, 0.25) is 5.91 Å². The number of pyridine rings is 1. The van der Waals surface area contributed by atoms with E-state index in [1.54, 1.807) is 18.3 Å². The summed E-state index contributed by atoms with van der Waals surface area (Å²) >= 11 is 0. The second-order valence-corrected chi connectivity index (χ2v) is 5.65. The van der Waals surface area contributed by atoms with Gasteiger partial charge in [0.15, 0.2) is 0 Å². The molecule has 112 valence electrons. The van der Waals surface area contributed by atoms with Gasteiger partial charge in [0, 0.05) is 24.1 Å². The molecule has 1 aromatic rings. The number of aliphatic hydroxyl groups excluding tert-OH is 1. The maximum Gasteiger partial charge on any atom is 0.228 e. The summed E-state index contributed by atoms with van der Waals surface area (Å²) < 4.78 is 0. The van der Waals surface area contributed by atoms with Crippen LogP contribution in [0, 0.1) is 23.7 Å². The summed E-state index contributed by atoms with van der Waals surface area (Å²) in [5, 5.41) is 11.6. The van der Waals surface area contributed by atoms with Gasteiger partial charge >= 0.3 is 0 Å². The Labute approximate surface area is 126 Å². The number of hydrogen-bond acceptors (Lipinski definition) is 3. The molecule has 0 bridgehead atoms. The number of amides is 1. The number of nitrogens with one attached hydrogen (secondary N) is 1. The molecule has 2 rings (SSSR count). The van der Waals surface area contributed by atoms with Crippen LogP contribution in [0.4, 0.5) is 5.82 Å². The van der Waals surface area contributed by atoms with E-state index in [9.17, 15) is 4.79 Å². The van der Waals surface area contributed by atoms with Crippen LogP contribution in [0.1, 0.15) is 44.6 Å². The van der Waals surface area contributed by atoms with E-state index in [-0.39, 0.29) is 18.4 Å². The van der Waals surface area contributed by atoms with Crippen LogP contribution in [-0.4, -0.2) is 22.6 Å². The molecule has 2 N–H and O–H groups in total. The van der Waals surface area contributed by atoms with E-state index in [4.69, 9.17) is 5.11 Å². The highest BCUT2D eigenvalue weighted by molar-refractivity contribution is 5.91. The number of carbonyl (C=O) groups excluding carboxylic acids is 1. The predicted molar refractivity (Wildman–Crippen MR) is 82.6 cm³/mol. The Balaban J connectivity index is 1.95. The zero-order chi connectivity index (χ0) is 15.1. The molecule has 1 fully saturated rings. The first-order chi connectivity index (χ1) is 10.2. The molecule has 1 aromatic heterocycles. The second-order valence-electron chi connectivity index (χ2n) is 5.65. The van der Waals surface area contributed by atoms with E-state index in [0.29, 0.717) is 12.2 Å². The number of hydrogen-bond donors (Lipinski definition) is 2. The molecule has 4 nitrogen and oxygen atoms in total. The third-order valence-corrected chi connectivity index (χ3v) is 3.87. The van der Waals surface area contributed by atoms with Crippen molar-refractivity contribution in [3.63, 3.8) is 0 Å². The van der Waals surface area contributed by atoms with Gasteiger partial charge in [-0.25, -0.2) is 4.98 Å². The molecule has 4 heteroatoms. The highest BCUT2D eigenvalue weighted by atomic mass is 16.2. The van der Waals surface area contributed by atoms with Gasteiger partial charge in [-0.15, -0.1) is 0 Å². The predicted octanol–water partition coefficient (Wildman–Crippen LogP) is 2.58. The lowest BCUT2D eigenvalue weighted by Gasteiger charge is -2.25. The number of nitrogens with zero attached hydrogens (tertiary/aromatic N) is 1. The van der Waals surface area contributed by atoms with Crippen LogP contribution in [0.2, 0.25) is 0 Å². The number of rotatable bonds is 3. The zero-order valence-corrected chi connectivity index (χ0v) is 12.4. The van der Waals surface area contributed by atoms with Crippen LogP contribution in [0.5, 0.6) is 0 Å². The van der Waals surface area contributed by atoms with Crippen molar-refractivity contribution in [1.29, 1.82) is 0 Å². The van der Waals surface area contributed by atoms with Crippen molar-refractivity contribution in [2.75, 3.05) is 11.9 Å². The summed E-state index contributed by atoms with van der Waals surface area (Å²) in [6, 6.07) is 3.57. The summed E-state index contributed by atoms with van der Waals surface area (Å²) in [4.78, 5) is 16.4. The summed E-state index contributed by atoms with van der Waals surface area (Å²) in [5.74, 6) is 7.26. The number of aliphatic hydroxyl groups is 1. The number of aromatic nitrogens is 1. The molecular weight excluding hydrogens is 264 g/mol. The lowest BCUT2D eigenvalue weighted by atomic mass is 9.82. The molecule has 1 aliphatic carbocycles. The Bertz CT molecular complexity index is 537. The first-order valence-corrected chi connectivity index (χ1v) is 7.55. The van der Waals surface area contributed by atoms with Crippen LogP contribution >= 0.6 is 0 Å². The van der Waals surface area contributed by atoms with E-state index in [0.717, 1.165) is 37.2 Å². The van der Waals surface area contributed by atoms with Gasteiger partial charge in [-0.1, -0.05) is 18.8 Å². The molecule has 21 heavy (non-hydrogen) atoms. The fourth-order valence-corrected chi connectivity index (χ4v) is 2.55. The van der Waals surface area contributed by atoms with Gasteiger partial charge < -0.3 is 10.4 Å². The van der Waals surface area contributed by atoms with E-state index in [1.807, 2.05) is 0 Å². The van der Waals surface area contributed by atoms with Crippen LogP contribution in [-0.2, 0) is 4.79 Å². The van der Waals surface area contributed by atoms with Gasteiger partial charge in [0.05, 0.1) is 6.61 Å². The minimum atomic E-state index is 0.0573. The van der Waals surface area contributed by atoms with Crippen molar-refractivity contribution in [3.05, 3.63) is 23.9 Å². The van der Waals surface area contributed by atoms with Gasteiger partial charge in [0.25, 0.3) is 0 Å². The fourth-order valence-electron chi connectivity index (χ4n) is 2.55. The molecule has 1 saturated carbocycles. The van der Waals surface area contributed by atoms with Crippen LogP contribution < -0.4 is 5.32 Å². The molecule has 0 saturated heterocycles. The smallest absolute Gasteiger partial charge is 0.228 e. The van der Waals surface area contributed by atoms with Crippen molar-refractivity contribution in [2.45, 2.75) is 39.0 Å². The van der Waals surface area contributed by atoms with Crippen LogP contribution in [0.25, 0.3) is 0 Å². The van der Waals surface area contributed by atoms with Crippen molar-refractivity contribution >= 4 is 11.7 Å². The molecule has 0 spiro atoms. The molecule has 1 heterocycles.